The van der Waals surface area contributed by atoms with Crippen LogP contribution in [-0.2, 0) is 22.5 Å². The minimum atomic E-state index is -0.104. The van der Waals surface area contributed by atoms with Crippen molar-refractivity contribution in [3.63, 3.8) is 0 Å². The summed E-state index contributed by atoms with van der Waals surface area (Å²) in [5, 5.41) is 5.52. The quantitative estimate of drug-likeness (QED) is 0.478. The third-order valence-electron chi connectivity index (χ3n) is 4.53. The van der Waals surface area contributed by atoms with E-state index in [1.165, 1.54) is 12.0 Å². The van der Waals surface area contributed by atoms with Gasteiger partial charge in [0.1, 0.15) is 5.76 Å². The van der Waals surface area contributed by atoms with Crippen LogP contribution in [-0.4, -0.2) is 43.6 Å². The summed E-state index contributed by atoms with van der Waals surface area (Å²) in [6.45, 7) is 3.03. The number of rotatable bonds is 6. The van der Waals surface area contributed by atoms with Gasteiger partial charge in [0.25, 0.3) is 0 Å². The molecule has 1 fully saturated rings. The van der Waals surface area contributed by atoms with Crippen LogP contribution in [0.1, 0.15) is 23.5 Å². The van der Waals surface area contributed by atoms with Crippen molar-refractivity contribution < 1.29 is 13.9 Å². The molecule has 0 unspecified atom stereocenters. The molecule has 0 bridgehead atoms. The molecule has 1 N–H and O–H groups in total. The van der Waals surface area contributed by atoms with Gasteiger partial charge in [0.2, 0.25) is 0 Å². The molecule has 2 aromatic heterocycles. The Morgan fingerprint density at radius 3 is 2.88 bits per heavy atom. The summed E-state index contributed by atoms with van der Waals surface area (Å²) in [7, 11) is 1.46. The Kier molecular flexibility index (Phi) is 6.71. The highest BCUT2D eigenvalue weighted by atomic mass is 32.1. The lowest BCUT2D eigenvalue weighted by molar-refractivity contribution is -0.146. The van der Waals surface area contributed by atoms with Gasteiger partial charge in [-0.1, -0.05) is 6.07 Å². The van der Waals surface area contributed by atoms with Crippen molar-refractivity contribution in [1.82, 2.24) is 10.2 Å². The SMILES string of the molecule is COC(=O)C1CCN(C(=NCc2cccs2)NCCc2ccco2)CC1. The van der Waals surface area contributed by atoms with Crippen molar-refractivity contribution >= 4 is 23.3 Å². The van der Waals surface area contributed by atoms with Crippen LogP contribution in [0.15, 0.2) is 45.3 Å². The van der Waals surface area contributed by atoms with Crippen LogP contribution in [0.4, 0.5) is 0 Å². The smallest absolute Gasteiger partial charge is 0.308 e. The number of esters is 1. The summed E-state index contributed by atoms with van der Waals surface area (Å²) in [6, 6.07) is 8.02. The molecule has 6 nitrogen and oxygen atoms in total. The Labute approximate surface area is 157 Å². The Morgan fingerprint density at radius 1 is 1.38 bits per heavy atom. The topological polar surface area (TPSA) is 67.1 Å². The summed E-state index contributed by atoms with van der Waals surface area (Å²) in [6.07, 6.45) is 4.09. The predicted octanol–water partition coefficient (Wildman–Crippen LogP) is 2.91. The summed E-state index contributed by atoms with van der Waals surface area (Å²) < 4.78 is 10.3. The fourth-order valence-corrected chi connectivity index (χ4v) is 3.70. The average molecular weight is 375 g/mol. The standard InChI is InChI=1S/C19H25N3O3S/c1-24-18(23)15-7-10-22(11-8-15)19(21-14-17-5-3-13-26-17)20-9-6-16-4-2-12-25-16/h2-5,12-13,15H,6-11,14H2,1H3,(H,20,21). The number of ether oxygens (including phenoxy) is 1. The highest BCUT2D eigenvalue weighted by Gasteiger charge is 2.27. The van der Waals surface area contributed by atoms with E-state index < -0.39 is 0 Å². The molecule has 0 radical (unpaired) electrons. The first-order chi connectivity index (χ1) is 12.8. The van der Waals surface area contributed by atoms with Crippen molar-refractivity contribution in [3.8, 4) is 0 Å². The van der Waals surface area contributed by atoms with Gasteiger partial charge in [-0.15, -0.1) is 11.3 Å². The van der Waals surface area contributed by atoms with Gasteiger partial charge in [0, 0.05) is 30.9 Å². The van der Waals surface area contributed by atoms with Gasteiger partial charge in [-0.05, 0) is 36.4 Å². The van der Waals surface area contributed by atoms with Gasteiger partial charge >= 0.3 is 5.97 Å². The number of nitrogens with one attached hydrogen (secondary N) is 1. The zero-order chi connectivity index (χ0) is 18.2. The highest BCUT2D eigenvalue weighted by Crippen LogP contribution is 2.19. The minimum absolute atomic E-state index is 0.00193. The Bertz CT molecular complexity index is 690. The number of nitrogens with zero attached hydrogens (tertiary/aromatic N) is 2. The van der Waals surface area contributed by atoms with E-state index in [4.69, 9.17) is 14.1 Å². The zero-order valence-electron chi connectivity index (χ0n) is 15.0. The molecule has 26 heavy (non-hydrogen) atoms. The maximum atomic E-state index is 11.7. The predicted molar refractivity (Wildman–Crippen MR) is 102 cm³/mol. The lowest BCUT2D eigenvalue weighted by Crippen LogP contribution is -2.47. The molecule has 7 heteroatoms. The van der Waals surface area contributed by atoms with Crippen LogP contribution >= 0.6 is 11.3 Å². The second-order valence-corrected chi connectivity index (χ2v) is 7.29. The first-order valence-corrected chi connectivity index (χ1v) is 9.80. The number of hydrogen-bond donors (Lipinski definition) is 1. The van der Waals surface area contributed by atoms with E-state index in [1.807, 2.05) is 18.2 Å². The van der Waals surface area contributed by atoms with Gasteiger partial charge in [-0.3, -0.25) is 4.79 Å². The summed E-state index contributed by atoms with van der Waals surface area (Å²) in [4.78, 5) is 20.0. The van der Waals surface area contributed by atoms with Crippen LogP contribution in [0, 0.1) is 5.92 Å². The number of furan rings is 1. The second-order valence-electron chi connectivity index (χ2n) is 6.26. The van der Waals surface area contributed by atoms with Crippen molar-refractivity contribution in [1.29, 1.82) is 0 Å². The summed E-state index contributed by atoms with van der Waals surface area (Å²) in [5.41, 5.74) is 0. The van der Waals surface area contributed by atoms with E-state index in [9.17, 15) is 4.79 Å². The molecule has 140 valence electrons. The molecular weight excluding hydrogens is 350 g/mol. The van der Waals surface area contributed by atoms with Crippen LogP contribution in [0.5, 0.6) is 0 Å². The van der Waals surface area contributed by atoms with E-state index in [0.717, 1.165) is 50.6 Å². The van der Waals surface area contributed by atoms with Crippen molar-refractivity contribution in [2.24, 2.45) is 10.9 Å². The van der Waals surface area contributed by atoms with Crippen LogP contribution in [0.3, 0.4) is 0 Å². The number of hydrogen-bond acceptors (Lipinski definition) is 5. The number of piperidine rings is 1. The molecule has 2 aromatic rings. The largest absolute Gasteiger partial charge is 0.469 e. The van der Waals surface area contributed by atoms with Gasteiger partial charge in [-0.2, -0.15) is 0 Å². The second kappa shape index (κ2) is 9.43. The highest BCUT2D eigenvalue weighted by molar-refractivity contribution is 7.09. The molecule has 0 atom stereocenters. The lowest BCUT2D eigenvalue weighted by Gasteiger charge is -2.33. The maximum Gasteiger partial charge on any atom is 0.308 e. The van der Waals surface area contributed by atoms with Crippen molar-refractivity contribution in [3.05, 3.63) is 46.5 Å². The summed E-state index contributed by atoms with van der Waals surface area (Å²) in [5.74, 6) is 1.75. The van der Waals surface area contributed by atoms with E-state index in [-0.39, 0.29) is 11.9 Å². The number of guanidine groups is 1. The molecule has 1 saturated heterocycles. The molecule has 3 heterocycles. The van der Waals surface area contributed by atoms with E-state index in [2.05, 4.69) is 21.7 Å². The number of likely N-dealkylation sites (tertiary alicyclic amines) is 1. The molecule has 0 saturated carbocycles. The number of carbonyl (C=O) groups is 1. The minimum Gasteiger partial charge on any atom is -0.469 e. The molecule has 0 amide bonds. The number of methoxy groups -OCH3 is 1. The van der Waals surface area contributed by atoms with Gasteiger partial charge in [0.15, 0.2) is 5.96 Å². The molecular formula is C19H25N3O3S. The lowest BCUT2D eigenvalue weighted by atomic mass is 9.97. The Morgan fingerprint density at radius 2 is 2.23 bits per heavy atom. The molecule has 1 aliphatic heterocycles. The zero-order valence-corrected chi connectivity index (χ0v) is 15.8. The molecule has 3 rings (SSSR count). The van der Waals surface area contributed by atoms with Gasteiger partial charge in [0.05, 0.1) is 25.8 Å². The van der Waals surface area contributed by atoms with E-state index >= 15 is 0 Å². The average Bonchev–Trinajstić information content (AvgIpc) is 3.38. The van der Waals surface area contributed by atoms with Crippen LogP contribution in [0.2, 0.25) is 0 Å². The molecule has 0 spiro atoms. The third kappa shape index (κ3) is 5.11. The monoisotopic (exact) mass is 375 g/mol. The normalized spacial score (nSPS) is 15.9. The van der Waals surface area contributed by atoms with E-state index in [0.29, 0.717) is 6.54 Å². The fraction of sp³-hybridized carbons (Fsp3) is 0.474. The summed E-state index contributed by atoms with van der Waals surface area (Å²) >= 11 is 1.71. The Hall–Kier alpha value is -2.28. The Balaban J connectivity index is 1.58. The number of aliphatic imine (C=N–C) groups is 1. The molecule has 1 aliphatic rings. The van der Waals surface area contributed by atoms with Crippen LogP contribution in [0.25, 0.3) is 0 Å². The maximum absolute atomic E-state index is 11.7. The third-order valence-corrected chi connectivity index (χ3v) is 5.39. The van der Waals surface area contributed by atoms with Crippen LogP contribution < -0.4 is 5.32 Å². The number of carbonyl (C=O) groups excluding carboxylic acids is 1. The van der Waals surface area contributed by atoms with Gasteiger partial charge < -0.3 is 19.4 Å². The fourth-order valence-electron chi connectivity index (χ4n) is 3.07. The van der Waals surface area contributed by atoms with Gasteiger partial charge in [-0.25, -0.2) is 4.99 Å². The number of thiophene rings is 1. The molecule has 0 aliphatic carbocycles. The van der Waals surface area contributed by atoms with E-state index in [1.54, 1.807) is 17.6 Å². The first kappa shape index (κ1) is 18.5. The van der Waals surface area contributed by atoms with Crippen molar-refractivity contribution in [2.75, 3.05) is 26.7 Å². The van der Waals surface area contributed by atoms with Crippen molar-refractivity contribution in [2.45, 2.75) is 25.8 Å². The molecule has 0 aromatic carbocycles. The first-order valence-electron chi connectivity index (χ1n) is 8.92.